The van der Waals surface area contributed by atoms with Gasteiger partial charge in [-0.15, -0.1) is 0 Å². The van der Waals surface area contributed by atoms with Gasteiger partial charge in [0.05, 0.1) is 4.92 Å². The average Bonchev–Trinajstić information content (AvgIpc) is 2.48. The van der Waals surface area contributed by atoms with Crippen LogP contribution in [0.1, 0.15) is 24.1 Å². The number of rotatable bonds is 6. The molecule has 0 spiro atoms. The normalized spacial score (nSPS) is 12.1. The van der Waals surface area contributed by atoms with Crippen molar-refractivity contribution in [2.45, 2.75) is 19.4 Å². The highest BCUT2D eigenvalue weighted by molar-refractivity contribution is 5.35. The first-order valence-corrected chi connectivity index (χ1v) is 6.72. The molecule has 2 aromatic rings. The maximum atomic E-state index is 10.7. The minimum atomic E-state index is -0.372. The predicted molar refractivity (Wildman–Crippen MR) is 79.7 cm³/mol. The summed E-state index contributed by atoms with van der Waals surface area (Å²) in [6, 6.07) is 17.2. The molecule has 4 nitrogen and oxygen atoms in total. The van der Waals surface area contributed by atoms with E-state index in [9.17, 15) is 10.1 Å². The molecule has 0 aliphatic carbocycles. The van der Waals surface area contributed by atoms with Crippen molar-refractivity contribution in [3.63, 3.8) is 0 Å². The molecule has 20 heavy (non-hydrogen) atoms. The molecule has 2 rings (SSSR count). The zero-order valence-electron chi connectivity index (χ0n) is 11.5. The summed E-state index contributed by atoms with van der Waals surface area (Å²) in [4.78, 5) is 10.3. The summed E-state index contributed by atoms with van der Waals surface area (Å²) >= 11 is 0. The summed E-state index contributed by atoms with van der Waals surface area (Å²) < 4.78 is 0. The van der Waals surface area contributed by atoms with Gasteiger partial charge in [0.25, 0.3) is 5.69 Å². The molecule has 0 fully saturated rings. The van der Waals surface area contributed by atoms with Crippen LogP contribution in [0.2, 0.25) is 0 Å². The SMILES string of the molecule is CCN[C@H](Cc1ccccc1)c1ccc([N+](=O)[O-])cc1. The smallest absolute Gasteiger partial charge is 0.269 e. The van der Waals surface area contributed by atoms with Crippen LogP contribution in [0.3, 0.4) is 0 Å². The first kappa shape index (κ1) is 14.2. The topological polar surface area (TPSA) is 55.2 Å². The molecule has 0 aromatic heterocycles. The van der Waals surface area contributed by atoms with E-state index in [4.69, 9.17) is 0 Å². The van der Waals surface area contributed by atoms with E-state index in [0.29, 0.717) is 0 Å². The lowest BCUT2D eigenvalue weighted by Gasteiger charge is -2.18. The highest BCUT2D eigenvalue weighted by atomic mass is 16.6. The molecule has 0 saturated heterocycles. The Bertz CT molecular complexity index is 552. The summed E-state index contributed by atoms with van der Waals surface area (Å²) in [7, 11) is 0. The molecule has 0 aliphatic heterocycles. The van der Waals surface area contributed by atoms with Crippen molar-refractivity contribution in [1.82, 2.24) is 5.32 Å². The van der Waals surface area contributed by atoms with E-state index in [1.165, 1.54) is 5.56 Å². The number of nitrogens with zero attached hydrogens (tertiary/aromatic N) is 1. The zero-order chi connectivity index (χ0) is 14.4. The quantitative estimate of drug-likeness (QED) is 0.645. The van der Waals surface area contributed by atoms with Crippen molar-refractivity contribution in [3.05, 3.63) is 75.8 Å². The number of hydrogen-bond donors (Lipinski definition) is 1. The molecule has 1 atom stereocenters. The number of nitro groups is 1. The molecule has 0 heterocycles. The van der Waals surface area contributed by atoms with E-state index in [-0.39, 0.29) is 16.7 Å². The van der Waals surface area contributed by atoms with E-state index in [0.717, 1.165) is 18.5 Å². The zero-order valence-corrected chi connectivity index (χ0v) is 11.5. The summed E-state index contributed by atoms with van der Waals surface area (Å²) in [6.45, 7) is 2.91. The van der Waals surface area contributed by atoms with E-state index in [1.54, 1.807) is 12.1 Å². The highest BCUT2D eigenvalue weighted by Crippen LogP contribution is 2.21. The largest absolute Gasteiger partial charge is 0.310 e. The Balaban J connectivity index is 2.17. The van der Waals surface area contributed by atoms with Gasteiger partial charge < -0.3 is 5.32 Å². The van der Waals surface area contributed by atoms with Crippen LogP contribution in [0.5, 0.6) is 0 Å². The number of likely N-dealkylation sites (N-methyl/N-ethyl adjacent to an activating group) is 1. The van der Waals surface area contributed by atoms with E-state index in [1.807, 2.05) is 30.3 Å². The first-order chi connectivity index (χ1) is 9.70. The number of benzene rings is 2. The molecule has 0 amide bonds. The average molecular weight is 270 g/mol. The number of non-ortho nitro benzene ring substituents is 1. The standard InChI is InChI=1S/C16H18N2O2/c1-2-17-16(12-13-6-4-3-5-7-13)14-8-10-15(11-9-14)18(19)20/h3-11,16-17H,2,12H2,1H3/t16-/m1/s1. The fraction of sp³-hybridized carbons (Fsp3) is 0.250. The maximum absolute atomic E-state index is 10.7. The van der Waals surface area contributed by atoms with E-state index >= 15 is 0 Å². The molecule has 1 N–H and O–H groups in total. The van der Waals surface area contributed by atoms with Gasteiger partial charge in [0.2, 0.25) is 0 Å². The predicted octanol–water partition coefficient (Wildman–Crippen LogP) is 3.49. The van der Waals surface area contributed by atoms with Gasteiger partial charge in [-0.1, -0.05) is 49.4 Å². The molecule has 0 radical (unpaired) electrons. The van der Waals surface area contributed by atoms with Gasteiger partial charge in [-0.05, 0) is 24.1 Å². The minimum Gasteiger partial charge on any atom is -0.310 e. The van der Waals surface area contributed by atoms with Crippen LogP contribution >= 0.6 is 0 Å². The van der Waals surface area contributed by atoms with Crippen LogP contribution in [0.15, 0.2) is 54.6 Å². The third-order valence-electron chi connectivity index (χ3n) is 3.24. The van der Waals surface area contributed by atoms with Gasteiger partial charge in [0.15, 0.2) is 0 Å². The molecule has 2 aromatic carbocycles. The fourth-order valence-corrected chi connectivity index (χ4v) is 2.23. The Morgan fingerprint density at radius 1 is 1.10 bits per heavy atom. The molecule has 104 valence electrons. The molecule has 0 saturated carbocycles. The van der Waals surface area contributed by atoms with Crippen molar-refractivity contribution < 1.29 is 4.92 Å². The van der Waals surface area contributed by atoms with Crippen LogP contribution in [0.25, 0.3) is 0 Å². The summed E-state index contributed by atoms with van der Waals surface area (Å²) in [5, 5.41) is 14.1. The number of nitro benzene ring substituents is 1. The Morgan fingerprint density at radius 2 is 1.75 bits per heavy atom. The van der Waals surface area contributed by atoms with Crippen molar-refractivity contribution >= 4 is 5.69 Å². The number of hydrogen-bond acceptors (Lipinski definition) is 3. The Hall–Kier alpha value is -2.20. The third kappa shape index (κ3) is 3.65. The van der Waals surface area contributed by atoms with Gasteiger partial charge in [-0.25, -0.2) is 0 Å². The molecular formula is C16H18N2O2. The van der Waals surface area contributed by atoms with Gasteiger partial charge in [0.1, 0.15) is 0 Å². The lowest BCUT2D eigenvalue weighted by atomic mass is 9.98. The van der Waals surface area contributed by atoms with Crippen molar-refractivity contribution in [1.29, 1.82) is 0 Å². The van der Waals surface area contributed by atoms with Crippen molar-refractivity contribution in [2.24, 2.45) is 0 Å². The fourth-order valence-electron chi connectivity index (χ4n) is 2.23. The monoisotopic (exact) mass is 270 g/mol. The van der Waals surface area contributed by atoms with Crippen LogP contribution < -0.4 is 5.32 Å². The summed E-state index contributed by atoms with van der Waals surface area (Å²) in [6.07, 6.45) is 0.868. The first-order valence-electron chi connectivity index (χ1n) is 6.72. The molecule has 0 unspecified atom stereocenters. The van der Waals surface area contributed by atoms with E-state index in [2.05, 4.69) is 24.4 Å². The minimum absolute atomic E-state index is 0.128. The maximum Gasteiger partial charge on any atom is 0.269 e. The second-order valence-corrected chi connectivity index (χ2v) is 4.65. The van der Waals surface area contributed by atoms with Gasteiger partial charge in [0, 0.05) is 18.2 Å². The lowest BCUT2D eigenvalue weighted by molar-refractivity contribution is -0.384. The van der Waals surface area contributed by atoms with Crippen LogP contribution in [-0.4, -0.2) is 11.5 Å². The Kier molecular flexibility index (Phi) is 4.85. The lowest BCUT2D eigenvalue weighted by Crippen LogP contribution is -2.22. The van der Waals surface area contributed by atoms with Crippen LogP contribution in [0.4, 0.5) is 5.69 Å². The van der Waals surface area contributed by atoms with E-state index < -0.39 is 0 Å². The second kappa shape index (κ2) is 6.82. The van der Waals surface area contributed by atoms with Gasteiger partial charge >= 0.3 is 0 Å². The molecule has 0 aliphatic rings. The third-order valence-corrected chi connectivity index (χ3v) is 3.24. The van der Waals surface area contributed by atoms with Gasteiger partial charge in [-0.2, -0.15) is 0 Å². The Labute approximate surface area is 118 Å². The summed E-state index contributed by atoms with van der Waals surface area (Å²) in [5.74, 6) is 0. The van der Waals surface area contributed by atoms with Crippen LogP contribution in [-0.2, 0) is 6.42 Å². The molecule has 0 bridgehead atoms. The highest BCUT2D eigenvalue weighted by Gasteiger charge is 2.13. The van der Waals surface area contributed by atoms with Crippen molar-refractivity contribution in [3.8, 4) is 0 Å². The van der Waals surface area contributed by atoms with Crippen LogP contribution in [0, 0.1) is 10.1 Å². The second-order valence-electron chi connectivity index (χ2n) is 4.65. The Morgan fingerprint density at radius 3 is 2.30 bits per heavy atom. The van der Waals surface area contributed by atoms with Crippen molar-refractivity contribution in [2.75, 3.05) is 6.54 Å². The summed E-state index contributed by atoms with van der Waals surface area (Å²) in [5.41, 5.74) is 2.45. The molecular weight excluding hydrogens is 252 g/mol. The van der Waals surface area contributed by atoms with Gasteiger partial charge in [-0.3, -0.25) is 10.1 Å². The number of nitrogens with one attached hydrogen (secondary N) is 1. The molecule has 4 heteroatoms.